The molecule has 0 unspecified atom stereocenters. The van der Waals surface area contributed by atoms with Gasteiger partial charge in [0.2, 0.25) is 5.82 Å². The summed E-state index contributed by atoms with van der Waals surface area (Å²) in [5, 5.41) is 9.94. The van der Waals surface area contributed by atoms with Crippen LogP contribution in [-0.4, -0.2) is 21.0 Å². The first kappa shape index (κ1) is 8.90. The third kappa shape index (κ3) is 1.52. The Bertz CT molecular complexity index is 513. The van der Waals surface area contributed by atoms with Gasteiger partial charge in [-0.15, -0.1) is 0 Å². The minimum Gasteiger partial charge on any atom is -0.475 e. The van der Waals surface area contributed by atoms with Crippen LogP contribution in [0.15, 0.2) is 24.4 Å². The van der Waals surface area contributed by atoms with E-state index in [1.807, 2.05) is 0 Å². The van der Waals surface area contributed by atoms with Gasteiger partial charge in [-0.3, -0.25) is 0 Å². The zero-order valence-corrected chi connectivity index (χ0v) is 7.69. The minimum atomic E-state index is -1.15. The fourth-order valence-corrected chi connectivity index (χ4v) is 1.27. The zero-order chi connectivity index (χ0) is 10.1. The molecule has 0 fully saturated rings. The molecule has 0 aliphatic heterocycles. The molecule has 0 spiro atoms. The summed E-state index contributed by atoms with van der Waals surface area (Å²) < 4.78 is 0. The van der Waals surface area contributed by atoms with E-state index < -0.39 is 5.97 Å². The van der Waals surface area contributed by atoms with Crippen LogP contribution in [0.2, 0.25) is 5.02 Å². The number of halogens is 1. The second-order valence-corrected chi connectivity index (χ2v) is 3.14. The van der Waals surface area contributed by atoms with Gasteiger partial charge in [0.25, 0.3) is 0 Å². The van der Waals surface area contributed by atoms with Gasteiger partial charge in [-0.2, -0.15) is 0 Å². The van der Waals surface area contributed by atoms with Crippen LogP contribution >= 0.6 is 11.6 Å². The maximum atomic E-state index is 10.6. The van der Waals surface area contributed by atoms with E-state index in [1.54, 1.807) is 18.2 Å². The van der Waals surface area contributed by atoms with E-state index in [-0.39, 0.29) is 5.82 Å². The average Bonchev–Trinajstić information content (AvgIpc) is 2.16. The smallest absolute Gasteiger partial charge is 0.373 e. The number of carboxylic acids is 1. The molecule has 1 aromatic carbocycles. The molecule has 4 nitrogen and oxygen atoms in total. The Morgan fingerprint density at radius 2 is 2.21 bits per heavy atom. The highest BCUT2D eigenvalue weighted by atomic mass is 35.5. The molecule has 0 bridgehead atoms. The van der Waals surface area contributed by atoms with Crippen molar-refractivity contribution < 1.29 is 9.90 Å². The first-order chi connectivity index (χ1) is 6.66. The summed E-state index contributed by atoms with van der Waals surface area (Å²) in [5.41, 5.74) is 0.532. The van der Waals surface area contributed by atoms with Crippen LogP contribution in [0.1, 0.15) is 10.6 Å². The van der Waals surface area contributed by atoms with Gasteiger partial charge in [-0.1, -0.05) is 11.6 Å². The van der Waals surface area contributed by atoms with E-state index in [0.717, 1.165) is 5.39 Å². The Morgan fingerprint density at radius 1 is 1.43 bits per heavy atom. The lowest BCUT2D eigenvalue weighted by Crippen LogP contribution is -2.03. The van der Waals surface area contributed by atoms with Crippen LogP contribution < -0.4 is 0 Å². The quantitative estimate of drug-likeness (QED) is 0.779. The highest BCUT2D eigenvalue weighted by Gasteiger charge is 2.06. The first-order valence-electron chi connectivity index (χ1n) is 3.82. The molecule has 70 valence electrons. The molecule has 2 aromatic rings. The highest BCUT2D eigenvalue weighted by Crippen LogP contribution is 2.16. The molecule has 2 rings (SSSR count). The molecular weight excluding hydrogens is 204 g/mol. The summed E-state index contributed by atoms with van der Waals surface area (Å²) >= 11 is 5.74. The number of aromatic nitrogens is 2. The van der Waals surface area contributed by atoms with Crippen LogP contribution in [0.3, 0.4) is 0 Å². The first-order valence-corrected chi connectivity index (χ1v) is 4.20. The van der Waals surface area contributed by atoms with Crippen molar-refractivity contribution in [2.45, 2.75) is 0 Å². The molecule has 5 heteroatoms. The van der Waals surface area contributed by atoms with Crippen molar-refractivity contribution >= 4 is 28.5 Å². The maximum Gasteiger partial charge on any atom is 0.373 e. The van der Waals surface area contributed by atoms with E-state index in [2.05, 4.69) is 9.97 Å². The van der Waals surface area contributed by atoms with Gasteiger partial charge in [0.15, 0.2) is 0 Å². The lowest BCUT2D eigenvalue weighted by Gasteiger charge is -1.98. The Labute approximate surface area is 84.2 Å². The van der Waals surface area contributed by atoms with Gasteiger partial charge < -0.3 is 5.11 Å². The molecule has 0 radical (unpaired) electrons. The number of benzene rings is 1. The number of aromatic carboxylic acids is 1. The molecule has 0 atom stereocenters. The lowest BCUT2D eigenvalue weighted by molar-refractivity contribution is 0.0684. The van der Waals surface area contributed by atoms with Crippen LogP contribution in [-0.2, 0) is 0 Å². The molecule has 1 N–H and O–H groups in total. The van der Waals surface area contributed by atoms with Gasteiger partial charge in [0.1, 0.15) is 0 Å². The van der Waals surface area contributed by atoms with Gasteiger partial charge in [-0.25, -0.2) is 14.8 Å². The van der Waals surface area contributed by atoms with Crippen molar-refractivity contribution in [2.24, 2.45) is 0 Å². The standard InChI is InChI=1S/C9H5ClN2O2/c10-6-2-1-5-4-11-8(9(13)14)12-7(5)3-6/h1-4H,(H,13,14). The Hall–Kier alpha value is -1.68. The van der Waals surface area contributed by atoms with Crippen LogP contribution in [0.5, 0.6) is 0 Å². The van der Waals surface area contributed by atoms with E-state index in [1.165, 1.54) is 6.20 Å². The number of rotatable bonds is 1. The van der Waals surface area contributed by atoms with E-state index >= 15 is 0 Å². The normalized spacial score (nSPS) is 10.4. The number of hydrogen-bond donors (Lipinski definition) is 1. The second kappa shape index (κ2) is 3.23. The van der Waals surface area contributed by atoms with E-state index in [0.29, 0.717) is 10.5 Å². The summed E-state index contributed by atoms with van der Waals surface area (Å²) in [4.78, 5) is 18.1. The number of carbonyl (C=O) groups is 1. The molecular formula is C9H5ClN2O2. The summed E-state index contributed by atoms with van der Waals surface area (Å²) in [6.07, 6.45) is 1.46. The lowest BCUT2D eigenvalue weighted by atomic mass is 10.2. The topological polar surface area (TPSA) is 63.1 Å². The molecule has 1 heterocycles. The summed E-state index contributed by atoms with van der Waals surface area (Å²) in [5.74, 6) is -1.37. The highest BCUT2D eigenvalue weighted by molar-refractivity contribution is 6.31. The van der Waals surface area contributed by atoms with Crippen molar-refractivity contribution in [2.75, 3.05) is 0 Å². The fourth-order valence-electron chi connectivity index (χ4n) is 1.10. The van der Waals surface area contributed by atoms with Crippen molar-refractivity contribution in [3.8, 4) is 0 Å². The largest absolute Gasteiger partial charge is 0.475 e. The van der Waals surface area contributed by atoms with Crippen molar-refractivity contribution in [3.63, 3.8) is 0 Å². The minimum absolute atomic E-state index is 0.222. The number of hydrogen-bond acceptors (Lipinski definition) is 3. The number of nitrogens with zero attached hydrogens (tertiary/aromatic N) is 2. The van der Waals surface area contributed by atoms with Gasteiger partial charge >= 0.3 is 5.97 Å². The van der Waals surface area contributed by atoms with Gasteiger partial charge in [0, 0.05) is 16.6 Å². The third-order valence-electron chi connectivity index (χ3n) is 1.74. The maximum absolute atomic E-state index is 10.6. The fraction of sp³-hybridized carbons (Fsp3) is 0. The Morgan fingerprint density at radius 3 is 2.93 bits per heavy atom. The van der Waals surface area contributed by atoms with E-state index in [9.17, 15) is 4.79 Å². The second-order valence-electron chi connectivity index (χ2n) is 2.70. The zero-order valence-electron chi connectivity index (χ0n) is 6.94. The molecule has 0 saturated heterocycles. The molecule has 0 aliphatic rings. The van der Waals surface area contributed by atoms with Crippen molar-refractivity contribution in [1.82, 2.24) is 9.97 Å². The molecule has 0 amide bonds. The van der Waals surface area contributed by atoms with Crippen molar-refractivity contribution in [1.29, 1.82) is 0 Å². The van der Waals surface area contributed by atoms with Crippen LogP contribution in [0, 0.1) is 0 Å². The SMILES string of the molecule is O=C(O)c1ncc2ccc(Cl)cc2n1. The monoisotopic (exact) mass is 208 g/mol. The van der Waals surface area contributed by atoms with Crippen molar-refractivity contribution in [3.05, 3.63) is 35.2 Å². The average molecular weight is 209 g/mol. The van der Waals surface area contributed by atoms with Crippen LogP contribution in [0.4, 0.5) is 0 Å². The number of fused-ring (bicyclic) bond motifs is 1. The van der Waals surface area contributed by atoms with Gasteiger partial charge in [-0.05, 0) is 18.2 Å². The molecule has 14 heavy (non-hydrogen) atoms. The predicted molar refractivity (Wildman–Crippen MR) is 51.5 cm³/mol. The van der Waals surface area contributed by atoms with Crippen LogP contribution in [0.25, 0.3) is 10.9 Å². The summed E-state index contributed by atoms with van der Waals surface area (Å²) in [6, 6.07) is 5.04. The predicted octanol–water partition coefficient (Wildman–Crippen LogP) is 1.98. The number of carboxylic acid groups (broad SMARTS) is 1. The third-order valence-corrected chi connectivity index (χ3v) is 1.97. The van der Waals surface area contributed by atoms with E-state index in [4.69, 9.17) is 16.7 Å². The summed E-state index contributed by atoms with van der Waals surface area (Å²) in [6.45, 7) is 0. The summed E-state index contributed by atoms with van der Waals surface area (Å²) in [7, 11) is 0. The van der Waals surface area contributed by atoms with Gasteiger partial charge in [0.05, 0.1) is 5.52 Å². The molecule has 0 aliphatic carbocycles. The molecule has 1 aromatic heterocycles. The Kier molecular flexibility index (Phi) is 2.05. The Balaban J connectivity index is 2.69. The molecule has 0 saturated carbocycles.